The molecule has 0 aromatic heterocycles. The lowest BCUT2D eigenvalue weighted by Crippen LogP contribution is -2.18. The van der Waals surface area contributed by atoms with Gasteiger partial charge < -0.3 is 14.8 Å². The summed E-state index contributed by atoms with van der Waals surface area (Å²) in [6, 6.07) is 18.6. The first-order chi connectivity index (χ1) is 12.6. The molecule has 0 amide bonds. The van der Waals surface area contributed by atoms with Crippen LogP contribution in [0.3, 0.4) is 0 Å². The molecule has 0 heterocycles. The van der Waals surface area contributed by atoms with Crippen molar-refractivity contribution in [3.05, 3.63) is 59.7 Å². The molecule has 0 aliphatic carbocycles. The third-order valence-corrected chi connectivity index (χ3v) is 3.94. The minimum atomic E-state index is 0.171. The van der Waals surface area contributed by atoms with Crippen molar-refractivity contribution in [3.8, 4) is 17.6 Å². The van der Waals surface area contributed by atoms with Crippen molar-refractivity contribution in [2.24, 2.45) is 0 Å². The van der Waals surface area contributed by atoms with Crippen LogP contribution in [0.4, 0.5) is 0 Å². The fourth-order valence-electron chi connectivity index (χ4n) is 2.60. The zero-order valence-electron chi connectivity index (χ0n) is 15.9. The summed E-state index contributed by atoms with van der Waals surface area (Å²) in [5, 5.41) is 12.1. The number of benzene rings is 2. The van der Waals surface area contributed by atoms with Gasteiger partial charge >= 0.3 is 0 Å². The molecule has 1 atom stereocenters. The Balaban J connectivity index is 1.89. The van der Waals surface area contributed by atoms with Crippen LogP contribution >= 0.6 is 0 Å². The molecule has 0 aliphatic heterocycles. The summed E-state index contributed by atoms with van der Waals surface area (Å²) in [5.41, 5.74) is 2.37. The topological polar surface area (TPSA) is 54.3 Å². The minimum absolute atomic E-state index is 0.171. The molecular formula is C22H28N2O2. The van der Waals surface area contributed by atoms with Crippen molar-refractivity contribution in [2.45, 2.75) is 52.3 Å². The number of hydrogen-bond acceptors (Lipinski definition) is 4. The van der Waals surface area contributed by atoms with Crippen LogP contribution in [0.15, 0.2) is 48.5 Å². The maximum atomic E-state index is 8.56. The van der Waals surface area contributed by atoms with Crippen LogP contribution in [0.1, 0.15) is 50.8 Å². The quantitative estimate of drug-likeness (QED) is 0.611. The van der Waals surface area contributed by atoms with E-state index in [0.717, 1.165) is 24.5 Å². The van der Waals surface area contributed by atoms with E-state index in [-0.39, 0.29) is 12.1 Å². The van der Waals surface area contributed by atoms with E-state index in [1.165, 1.54) is 11.1 Å². The normalized spacial score (nSPS) is 11.8. The molecule has 26 heavy (non-hydrogen) atoms. The molecule has 4 heteroatoms. The SMILES string of the molecule is CC(C)Oc1cccc(C(C)NCc2cccc(OCCCC#N)c2)c1. The second-order valence-electron chi connectivity index (χ2n) is 6.60. The minimum Gasteiger partial charge on any atom is -0.494 e. The second kappa shape index (κ2) is 10.5. The van der Waals surface area contributed by atoms with Crippen LogP contribution in [-0.4, -0.2) is 12.7 Å². The first-order valence-electron chi connectivity index (χ1n) is 9.17. The van der Waals surface area contributed by atoms with Gasteiger partial charge in [-0.1, -0.05) is 24.3 Å². The molecule has 2 aromatic rings. The molecule has 2 rings (SSSR count). The number of nitrogens with zero attached hydrogens (tertiary/aromatic N) is 1. The van der Waals surface area contributed by atoms with Crippen LogP contribution in [0.5, 0.6) is 11.5 Å². The van der Waals surface area contributed by atoms with E-state index >= 15 is 0 Å². The van der Waals surface area contributed by atoms with Crippen molar-refractivity contribution in [3.63, 3.8) is 0 Å². The van der Waals surface area contributed by atoms with Gasteiger partial charge in [-0.15, -0.1) is 0 Å². The highest BCUT2D eigenvalue weighted by atomic mass is 16.5. The number of nitrogens with one attached hydrogen (secondary N) is 1. The van der Waals surface area contributed by atoms with Crippen LogP contribution in [0, 0.1) is 11.3 Å². The molecule has 0 saturated carbocycles. The van der Waals surface area contributed by atoms with Gasteiger partial charge in [-0.2, -0.15) is 5.26 Å². The van der Waals surface area contributed by atoms with Gasteiger partial charge in [-0.05, 0) is 62.6 Å². The Labute approximate surface area is 156 Å². The van der Waals surface area contributed by atoms with Crippen molar-refractivity contribution in [1.82, 2.24) is 5.32 Å². The zero-order valence-corrected chi connectivity index (χ0v) is 15.9. The number of rotatable bonds is 10. The molecule has 1 N–H and O–H groups in total. The standard InChI is InChI=1S/C22H28N2O2/c1-17(2)26-22-11-7-9-20(15-22)18(3)24-16-19-8-6-10-21(14-19)25-13-5-4-12-23/h6-11,14-15,17-18,24H,4-5,13,16H2,1-3H3. The third-order valence-electron chi connectivity index (χ3n) is 3.94. The van der Waals surface area contributed by atoms with Crippen LogP contribution in [0.25, 0.3) is 0 Å². The molecule has 1 unspecified atom stereocenters. The molecular weight excluding hydrogens is 324 g/mol. The maximum Gasteiger partial charge on any atom is 0.120 e. The van der Waals surface area contributed by atoms with Crippen LogP contribution in [-0.2, 0) is 6.54 Å². The van der Waals surface area contributed by atoms with Gasteiger partial charge in [0.25, 0.3) is 0 Å². The Kier molecular flexibility index (Phi) is 7.98. The van der Waals surface area contributed by atoms with Crippen LogP contribution < -0.4 is 14.8 Å². The van der Waals surface area contributed by atoms with E-state index in [2.05, 4.69) is 36.5 Å². The molecule has 0 aliphatic rings. The Morgan fingerprint density at radius 2 is 1.81 bits per heavy atom. The van der Waals surface area contributed by atoms with Gasteiger partial charge in [0.15, 0.2) is 0 Å². The van der Waals surface area contributed by atoms with E-state index in [4.69, 9.17) is 14.7 Å². The lowest BCUT2D eigenvalue weighted by Gasteiger charge is -2.17. The van der Waals surface area contributed by atoms with E-state index in [1.807, 2.05) is 44.2 Å². The monoisotopic (exact) mass is 352 g/mol. The smallest absolute Gasteiger partial charge is 0.120 e. The molecule has 0 radical (unpaired) electrons. The molecule has 0 saturated heterocycles. The Hall–Kier alpha value is -2.51. The van der Waals surface area contributed by atoms with Gasteiger partial charge in [-0.3, -0.25) is 0 Å². The summed E-state index contributed by atoms with van der Waals surface area (Å²) in [6.07, 6.45) is 1.45. The van der Waals surface area contributed by atoms with Gasteiger partial charge in [-0.25, -0.2) is 0 Å². The number of hydrogen-bond donors (Lipinski definition) is 1. The summed E-state index contributed by atoms with van der Waals surface area (Å²) in [4.78, 5) is 0. The molecule has 138 valence electrons. The van der Waals surface area contributed by atoms with E-state index < -0.39 is 0 Å². The highest BCUT2D eigenvalue weighted by molar-refractivity contribution is 5.31. The highest BCUT2D eigenvalue weighted by Crippen LogP contribution is 2.21. The van der Waals surface area contributed by atoms with Gasteiger partial charge in [0, 0.05) is 19.0 Å². The zero-order chi connectivity index (χ0) is 18.8. The second-order valence-corrected chi connectivity index (χ2v) is 6.60. The predicted octanol–water partition coefficient (Wildman–Crippen LogP) is 5.01. The average Bonchev–Trinajstić information content (AvgIpc) is 2.63. The summed E-state index contributed by atoms with van der Waals surface area (Å²) >= 11 is 0. The average molecular weight is 352 g/mol. The first kappa shape index (κ1) is 19.8. The van der Waals surface area contributed by atoms with Gasteiger partial charge in [0.05, 0.1) is 18.8 Å². The lowest BCUT2D eigenvalue weighted by molar-refractivity contribution is 0.242. The van der Waals surface area contributed by atoms with Crippen LogP contribution in [0.2, 0.25) is 0 Å². The van der Waals surface area contributed by atoms with Crippen molar-refractivity contribution in [2.75, 3.05) is 6.61 Å². The Morgan fingerprint density at radius 1 is 1.04 bits per heavy atom. The summed E-state index contributed by atoms with van der Waals surface area (Å²) in [6.45, 7) is 7.54. The Bertz CT molecular complexity index is 722. The summed E-state index contributed by atoms with van der Waals surface area (Å²) in [7, 11) is 0. The number of nitriles is 1. The number of unbranched alkanes of at least 4 members (excludes halogenated alkanes) is 1. The van der Waals surface area contributed by atoms with E-state index in [1.54, 1.807) is 0 Å². The first-order valence-corrected chi connectivity index (χ1v) is 9.17. The fourth-order valence-corrected chi connectivity index (χ4v) is 2.60. The molecule has 0 spiro atoms. The molecule has 0 fully saturated rings. The lowest BCUT2D eigenvalue weighted by atomic mass is 10.1. The molecule has 2 aromatic carbocycles. The summed E-state index contributed by atoms with van der Waals surface area (Å²) in [5.74, 6) is 1.75. The highest BCUT2D eigenvalue weighted by Gasteiger charge is 2.07. The maximum absolute atomic E-state index is 8.56. The molecule has 0 bridgehead atoms. The Morgan fingerprint density at radius 3 is 2.58 bits per heavy atom. The van der Waals surface area contributed by atoms with Gasteiger partial charge in [0.2, 0.25) is 0 Å². The predicted molar refractivity (Wildman–Crippen MR) is 104 cm³/mol. The van der Waals surface area contributed by atoms with E-state index in [0.29, 0.717) is 13.0 Å². The third kappa shape index (κ3) is 6.78. The summed E-state index contributed by atoms with van der Waals surface area (Å²) < 4.78 is 11.5. The largest absolute Gasteiger partial charge is 0.494 e. The van der Waals surface area contributed by atoms with Gasteiger partial charge in [0.1, 0.15) is 11.5 Å². The van der Waals surface area contributed by atoms with Crippen molar-refractivity contribution < 1.29 is 9.47 Å². The van der Waals surface area contributed by atoms with E-state index in [9.17, 15) is 0 Å². The number of ether oxygens (including phenoxy) is 2. The van der Waals surface area contributed by atoms with Crippen molar-refractivity contribution >= 4 is 0 Å². The van der Waals surface area contributed by atoms with Crippen molar-refractivity contribution in [1.29, 1.82) is 5.26 Å². The molecule has 4 nitrogen and oxygen atoms in total. The fraction of sp³-hybridized carbons (Fsp3) is 0.409.